The highest BCUT2D eigenvalue weighted by Crippen LogP contribution is 2.29. The summed E-state index contributed by atoms with van der Waals surface area (Å²) in [4.78, 5) is 1.87. The van der Waals surface area contributed by atoms with Gasteiger partial charge in [-0.05, 0) is 18.6 Å². The van der Waals surface area contributed by atoms with Crippen molar-refractivity contribution < 1.29 is 13.2 Å². The minimum absolute atomic E-state index is 0.0302. The summed E-state index contributed by atoms with van der Waals surface area (Å²) >= 11 is 0. The lowest BCUT2D eigenvalue weighted by Gasteiger charge is -2.17. The second-order valence-electron chi connectivity index (χ2n) is 5.69. The average Bonchev–Trinajstić information content (AvgIpc) is 3.30. The minimum atomic E-state index is -4.62. The fourth-order valence-corrected chi connectivity index (χ4v) is 2.89. The van der Waals surface area contributed by atoms with Crippen molar-refractivity contribution in [3.63, 3.8) is 0 Å². The van der Waals surface area contributed by atoms with Gasteiger partial charge >= 0.3 is 6.18 Å². The van der Waals surface area contributed by atoms with E-state index < -0.39 is 12.0 Å². The van der Waals surface area contributed by atoms with Crippen molar-refractivity contribution in [1.82, 2.24) is 29.6 Å². The maximum Gasteiger partial charge on any atom is 0.453 e. The first-order chi connectivity index (χ1) is 12.0. The molecule has 0 radical (unpaired) electrons. The number of rotatable bonds is 2. The van der Waals surface area contributed by atoms with E-state index in [1.807, 2.05) is 11.0 Å². The number of nitrogens with zero attached hydrogens (tertiary/aromatic N) is 8. The van der Waals surface area contributed by atoms with Gasteiger partial charge in [0.1, 0.15) is 11.9 Å². The van der Waals surface area contributed by atoms with Gasteiger partial charge in [0, 0.05) is 19.3 Å². The highest BCUT2D eigenvalue weighted by molar-refractivity contribution is 5.46. The first-order valence-electron chi connectivity index (χ1n) is 7.44. The number of alkyl halides is 3. The molecular formula is C14H11F3N8. The van der Waals surface area contributed by atoms with Crippen LogP contribution in [-0.2, 0) is 6.18 Å². The summed E-state index contributed by atoms with van der Waals surface area (Å²) in [6.07, 6.45) is -0.728. The molecule has 0 amide bonds. The minimum Gasteiger partial charge on any atom is -0.353 e. The molecule has 1 aliphatic rings. The van der Waals surface area contributed by atoms with E-state index in [0.29, 0.717) is 29.0 Å². The molecule has 11 heteroatoms. The third kappa shape index (κ3) is 2.65. The Morgan fingerprint density at radius 1 is 1.24 bits per heavy atom. The number of hydrogen-bond donors (Lipinski definition) is 0. The van der Waals surface area contributed by atoms with Crippen LogP contribution < -0.4 is 4.90 Å². The van der Waals surface area contributed by atoms with Crippen LogP contribution in [0.1, 0.15) is 23.9 Å². The Balaban J connectivity index is 1.61. The predicted molar refractivity (Wildman–Crippen MR) is 78.6 cm³/mol. The Labute approximate surface area is 139 Å². The van der Waals surface area contributed by atoms with E-state index in [2.05, 4.69) is 20.4 Å². The molecular weight excluding hydrogens is 337 g/mol. The van der Waals surface area contributed by atoms with Gasteiger partial charge in [0.15, 0.2) is 5.65 Å². The Morgan fingerprint density at radius 3 is 2.80 bits per heavy atom. The Morgan fingerprint density at radius 2 is 2.08 bits per heavy atom. The van der Waals surface area contributed by atoms with Crippen LogP contribution in [0.4, 0.5) is 19.0 Å². The molecule has 0 bridgehead atoms. The zero-order chi connectivity index (χ0) is 17.6. The molecule has 4 heterocycles. The van der Waals surface area contributed by atoms with Crippen LogP contribution in [0, 0.1) is 11.3 Å². The average molecular weight is 348 g/mol. The molecule has 1 fully saturated rings. The third-order valence-corrected chi connectivity index (χ3v) is 4.09. The van der Waals surface area contributed by atoms with Crippen molar-refractivity contribution in [2.75, 3.05) is 18.0 Å². The topological polar surface area (TPSA) is 87.9 Å². The number of nitriles is 1. The van der Waals surface area contributed by atoms with Crippen LogP contribution in [0.15, 0.2) is 24.5 Å². The zero-order valence-corrected chi connectivity index (χ0v) is 12.7. The molecule has 25 heavy (non-hydrogen) atoms. The smallest absolute Gasteiger partial charge is 0.353 e. The molecule has 1 aliphatic heterocycles. The highest BCUT2D eigenvalue weighted by Gasteiger charge is 2.38. The third-order valence-electron chi connectivity index (χ3n) is 4.09. The summed E-state index contributed by atoms with van der Waals surface area (Å²) in [6, 6.07) is 5.13. The highest BCUT2D eigenvalue weighted by atomic mass is 19.4. The number of fused-ring (bicyclic) bond motifs is 1. The summed E-state index contributed by atoms with van der Waals surface area (Å²) in [5.41, 5.74) is 0.509. The van der Waals surface area contributed by atoms with Gasteiger partial charge < -0.3 is 4.90 Å². The molecule has 1 unspecified atom stereocenters. The molecule has 3 aromatic heterocycles. The lowest BCUT2D eigenvalue weighted by atomic mass is 10.3. The normalized spacial score (nSPS) is 18.0. The molecule has 0 aromatic carbocycles. The van der Waals surface area contributed by atoms with Gasteiger partial charge in [-0.15, -0.1) is 15.3 Å². The molecule has 8 nitrogen and oxygen atoms in total. The van der Waals surface area contributed by atoms with E-state index in [9.17, 15) is 13.2 Å². The van der Waals surface area contributed by atoms with Crippen molar-refractivity contribution in [3.8, 4) is 6.07 Å². The van der Waals surface area contributed by atoms with E-state index in [1.54, 1.807) is 16.9 Å². The quantitative estimate of drug-likeness (QED) is 0.700. The van der Waals surface area contributed by atoms with Crippen molar-refractivity contribution in [2.45, 2.75) is 18.6 Å². The number of hydrogen-bond acceptors (Lipinski definition) is 6. The van der Waals surface area contributed by atoms with E-state index in [1.165, 1.54) is 12.3 Å². The first kappa shape index (κ1) is 15.4. The summed E-state index contributed by atoms with van der Waals surface area (Å²) in [5, 5.41) is 23.7. The maximum atomic E-state index is 13.0. The van der Waals surface area contributed by atoms with Gasteiger partial charge in [-0.25, -0.2) is 0 Å². The van der Waals surface area contributed by atoms with Gasteiger partial charge in [-0.2, -0.15) is 28.0 Å². The fraction of sp³-hybridized carbons (Fsp3) is 0.357. The molecule has 0 aliphatic carbocycles. The van der Waals surface area contributed by atoms with Crippen LogP contribution in [0.5, 0.6) is 0 Å². The van der Waals surface area contributed by atoms with Crippen LogP contribution >= 0.6 is 0 Å². The number of aromatic nitrogens is 6. The Hall–Kier alpha value is -3.16. The van der Waals surface area contributed by atoms with Crippen LogP contribution in [0.25, 0.3) is 5.65 Å². The van der Waals surface area contributed by atoms with E-state index in [4.69, 9.17) is 5.26 Å². The second kappa shape index (κ2) is 5.44. The SMILES string of the molecule is N#Cc1cnn(C2CCN(c3ccc4nnc(C(F)(F)F)n4n3)C2)c1. The molecule has 0 saturated carbocycles. The van der Waals surface area contributed by atoms with Gasteiger partial charge in [-0.1, -0.05) is 0 Å². The summed E-state index contributed by atoms with van der Waals surface area (Å²) in [7, 11) is 0. The Kier molecular flexibility index (Phi) is 3.34. The number of anilines is 1. The molecule has 3 aromatic rings. The van der Waals surface area contributed by atoms with Crippen LogP contribution in [-0.4, -0.2) is 42.7 Å². The monoisotopic (exact) mass is 348 g/mol. The summed E-state index contributed by atoms with van der Waals surface area (Å²) < 4.78 is 41.3. The van der Waals surface area contributed by atoms with Crippen molar-refractivity contribution in [3.05, 3.63) is 35.9 Å². The lowest BCUT2D eigenvalue weighted by Crippen LogP contribution is -2.23. The Bertz CT molecular complexity index is 967. The van der Waals surface area contributed by atoms with E-state index >= 15 is 0 Å². The van der Waals surface area contributed by atoms with Gasteiger partial charge in [0.25, 0.3) is 5.82 Å². The van der Waals surface area contributed by atoms with Crippen molar-refractivity contribution >= 4 is 11.5 Å². The van der Waals surface area contributed by atoms with Crippen LogP contribution in [0.2, 0.25) is 0 Å². The van der Waals surface area contributed by atoms with Crippen molar-refractivity contribution in [1.29, 1.82) is 5.26 Å². The molecule has 128 valence electrons. The fourth-order valence-electron chi connectivity index (χ4n) is 2.89. The molecule has 0 spiro atoms. The molecule has 0 N–H and O–H groups in total. The maximum absolute atomic E-state index is 13.0. The molecule has 1 saturated heterocycles. The van der Waals surface area contributed by atoms with Gasteiger partial charge in [-0.3, -0.25) is 4.68 Å². The number of halogens is 3. The first-order valence-corrected chi connectivity index (χ1v) is 7.44. The largest absolute Gasteiger partial charge is 0.453 e. The summed E-state index contributed by atoms with van der Waals surface area (Å²) in [6.45, 7) is 1.16. The zero-order valence-electron chi connectivity index (χ0n) is 12.7. The van der Waals surface area contributed by atoms with Gasteiger partial charge in [0.05, 0.1) is 17.8 Å². The van der Waals surface area contributed by atoms with Gasteiger partial charge in [0.2, 0.25) is 0 Å². The standard InChI is InChI=1S/C14H11F3N8/c15-14(16,17)13-21-20-11-1-2-12(22-25(11)13)23-4-3-10(8-23)24-7-9(5-18)6-19-24/h1-2,6-7,10H,3-4,8H2. The predicted octanol–water partition coefficient (Wildman–Crippen LogP) is 1.66. The van der Waals surface area contributed by atoms with Crippen LogP contribution in [0.3, 0.4) is 0 Å². The molecule has 4 rings (SSSR count). The van der Waals surface area contributed by atoms with E-state index in [-0.39, 0.29) is 11.7 Å². The van der Waals surface area contributed by atoms with E-state index in [0.717, 1.165) is 6.42 Å². The van der Waals surface area contributed by atoms with Crippen molar-refractivity contribution in [2.24, 2.45) is 0 Å². The lowest BCUT2D eigenvalue weighted by molar-refractivity contribution is -0.146. The molecule has 1 atom stereocenters. The summed E-state index contributed by atoms with van der Waals surface area (Å²) in [5.74, 6) is -0.737. The second-order valence-corrected chi connectivity index (χ2v) is 5.69.